The van der Waals surface area contributed by atoms with E-state index in [1.165, 1.54) is 6.07 Å². The average Bonchev–Trinajstić information content (AvgIpc) is 2.86. The Morgan fingerprint density at radius 2 is 1.51 bits per heavy atom. The predicted octanol–water partition coefficient (Wildman–Crippen LogP) is 5.50. The Hall–Kier alpha value is -4.26. The third-order valence-electron chi connectivity index (χ3n) is 5.50. The summed E-state index contributed by atoms with van der Waals surface area (Å²) in [5, 5.41) is 0.762. The van der Waals surface area contributed by atoms with Crippen LogP contribution in [0.2, 0.25) is 0 Å². The molecule has 0 aliphatic rings. The fourth-order valence-corrected chi connectivity index (χ4v) is 3.77. The van der Waals surface area contributed by atoms with E-state index in [2.05, 4.69) is 4.98 Å². The van der Waals surface area contributed by atoms with E-state index in [1.54, 1.807) is 75.0 Å². The number of nitrogens with zero attached hydrogens (tertiary/aromatic N) is 1. The topological polar surface area (TPSA) is 74.7 Å². The number of aromatic nitrogens is 1. The highest BCUT2D eigenvalue weighted by atomic mass is 19.1. The average molecular weight is 474 g/mol. The maximum absolute atomic E-state index is 13.7. The number of ether oxygens (including phenoxy) is 3. The summed E-state index contributed by atoms with van der Waals surface area (Å²) < 4.78 is 30.5. The van der Waals surface area contributed by atoms with Crippen molar-refractivity contribution in [3.8, 4) is 23.0 Å². The maximum Gasteiger partial charge on any atom is 0.162 e. The largest absolute Gasteiger partial charge is 0.493 e. The molecule has 0 bridgehead atoms. The quantitative estimate of drug-likeness (QED) is 0.283. The predicted molar refractivity (Wildman–Crippen MR) is 130 cm³/mol. The molecule has 0 spiro atoms. The number of benzene rings is 3. The molecular formula is C28H24FNO5. The monoisotopic (exact) mass is 473 g/mol. The number of ketones is 2. The van der Waals surface area contributed by atoms with Gasteiger partial charge in [-0.25, -0.2) is 4.39 Å². The van der Waals surface area contributed by atoms with Crippen LogP contribution in [0, 0.1) is 5.82 Å². The number of pyridine rings is 1. The number of carbonyl (C=O) groups excluding carboxylic acids is 2. The molecule has 3 aromatic carbocycles. The number of Topliss-reactive ketones (excluding diaryl/α,β-unsaturated/α-hetero) is 2. The number of methoxy groups -OCH3 is 2. The molecule has 0 radical (unpaired) electrons. The lowest BCUT2D eigenvalue weighted by Crippen LogP contribution is -2.13. The smallest absolute Gasteiger partial charge is 0.162 e. The zero-order chi connectivity index (χ0) is 24.8. The lowest BCUT2D eigenvalue weighted by atomic mass is 10.0. The Kier molecular flexibility index (Phi) is 7.35. The normalized spacial score (nSPS) is 10.7. The van der Waals surface area contributed by atoms with E-state index in [0.717, 1.165) is 10.9 Å². The zero-order valence-electron chi connectivity index (χ0n) is 19.4. The summed E-state index contributed by atoms with van der Waals surface area (Å²) in [5.41, 5.74) is 1.75. The number of carbonyl (C=O) groups is 2. The third kappa shape index (κ3) is 5.81. The van der Waals surface area contributed by atoms with Gasteiger partial charge in [0.2, 0.25) is 0 Å². The molecule has 0 aliphatic carbocycles. The Morgan fingerprint density at radius 3 is 2.23 bits per heavy atom. The summed E-state index contributed by atoms with van der Waals surface area (Å²) in [6.07, 6.45) is 1.43. The Bertz CT molecular complexity index is 1370. The first kappa shape index (κ1) is 23.9. The molecule has 7 heteroatoms. The van der Waals surface area contributed by atoms with Crippen LogP contribution in [0.4, 0.5) is 4.39 Å². The van der Waals surface area contributed by atoms with E-state index in [-0.39, 0.29) is 30.8 Å². The van der Waals surface area contributed by atoms with E-state index in [4.69, 9.17) is 14.2 Å². The summed E-state index contributed by atoms with van der Waals surface area (Å²) in [5.74, 6) is 1.35. The second kappa shape index (κ2) is 10.8. The summed E-state index contributed by atoms with van der Waals surface area (Å²) in [7, 11) is 3.13. The molecule has 1 heterocycles. The van der Waals surface area contributed by atoms with E-state index >= 15 is 0 Å². The zero-order valence-corrected chi connectivity index (χ0v) is 19.4. The van der Waals surface area contributed by atoms with Crippen molar-refractivity contribution in [3.63, 3.8) is 0 Å². The van der Waals surface area contributed by atoms with E-state index in [9.17, 15) is 14.0 Å². The standard InChI is InChI=1S/C28H24FNO5/c1-33-27-16-23-25(17-28(27)34-2)30-12-11-26(23)35-22-9-7-18(8-10-22)13-20(31)15-21(32)14-19-5-3-4-6-24(19)29/h3-12,16-17H,13-15H2,1-2H3. The van der Waals surface area contributed by atoms with Gasteiger partial charge in [-0.15, -0.1) is 0 Å². The van der Waals surface area contributed by atoms with Crippen LogP contribution in [-0.4, -0.2) is 30.8 Å². The van der Waals surface area contributed by atoms with Crippen molar-refractivity contribution in [2.45, 2.75) is 19.3 Å². The van der Waals surface area contributed by atoms with Gasteiger partial charge < -0.3 is 14.2 Å². The lowest BCUT2D eigenvalue weighted by Gasteiger charge is -2.12. The van der Waals surface area contributed by atoms with E-state index in [1.807, 2.05) is 6.07 Å². The van der Waals surface area contributed by atoms with E-state index < -0.39 is 5.82 Å². The molecule has 0 aliphatic heterocycles. The minimum atomic E-state index is -0.441. The molecule has 6 nitrogen and oxygen atoms in total. The number of halogens is 1. The van der Waals surface area contributed by atoms with Crippen molar-refractivity contribution in [3.05, 3.63) is 89.9 Å². The van der Waals surface area contributed by atoms with Crippen LogP contribution in [-0.2, 0) is 22.4 Å². The van der Waals surface area contributed by atoms with Gasteiger partial charge in [0.05, 0.1) is 26.2 Å². The summed E-state index contributed by atoms with van der Waals surface area (Å²) in [6, 6.07) is 18.5. The molecule has 1 aromatic heterocycles. The first-order valence-electron chi connectivity index (χ1n) is 11.0. The molecule has 178 valence electrons. The summed E-state index contributed by atoms with van der Waals surface area (Å²) >= 11 is 0. The van der Waals surface area contributed by atoms with Crippen LogP contribution in [0.15, 0.2) is 72.9 Å². The van der Waals surface area contributed by atoms with Gasteiger partial charge >= 0.3 is 0 Å². The summed E-state index contributed by atoms with van der Waals surface area (Å²) in [6.45, 7) is 0. The highest BCUT2D eigenvalue weighted by Gasteiger charge is 2.14. The molecule has 0 saturated carbocycles. The van der Waals surface area contributed by atoms with Gasteiger partial charge in [-0.05, 0) is 41.5 Å². The van der Waals surface area contributed by atoms with Crippen LogP contribution >= 0.6 is 0 Å². The minimum Gasteiger partial charge on any atom is -0.493 e. The molecule has 0 fully saturated rings. The molecule has 35 heavy (non-hydrogen) atoms. The van der Waals surface area contributed by atoms with Crippen LogP contribution in [0.3, 0.4) is 0 Å². The first-order valence-corrected chi connectivity index (χ1v) is 11.0. The molecule has 0 unspecified atom stereocenters. The van der Waals surface area contributed by atoms with Crippen molar-refractivity contribution in [2.24, 2.45) is 0 Å². The molecule has 4 rings (SSSR count). The molecule has 4 aromatic rings. The van der Waals surface area contributed by atoms with Gasteiger partial charge in [0, 0.05) is 30.5 Å². The number of hydrogen-bond acceptors (Lipinski definition) is 6. The molecule has 0 amide bonds. The van der Waals surface area contributed by atoms with Crippen LogP contribution in [0.25, 0.3) is 10.9 Å². The fraction of sp³-hybridized carbons (Fsp3) is 0.179. The number of fused-ring (bicyclic) bond motifs is 1. The van der Waals surface area contributed by atoms with Crippen molar-refractivity contribution < 1.29 is 28.2 Å². The van der Waals surface area contributed by atoms with Gasteiger partial charge in [-0.1, -0.05) is 30.3 Å². The third-order valence-corrected chi connectivity index (χ3v) is 5.50. The highest BCUT2D eigenvalue weighted by molar-refractivity contribution is 6.00. The van der Waals surface area contributed by atoms with Crippen molar-refractivity contribution in [1.82, 2.24) is 4.98 Å². The summed E-state index contributed by atoms with van der Waals surface area (Å²) in [4.78, 5) is 28.9. The Morgan fingerprint density at radius 1 is 0.829 bits per heavy atom. The van der Waals surface area contributed by atoms with Gasteiger partial charge in [-0.3, -0.25) is 14.6 Å². The van der Waals surface area contributed by atoms with Gasteiger partial charge in [-0.2, -0.15) is 0 Å². The van der Waals surface area contributed by atoms with Crippen LogP contribution in [0.5, 0.6) is 23.0 Å². The first-order chi connectivity index (χ1) is 17.0. The van der Waals surface area contributed by atoms with Crippen molar-refractivity contribution in [2.75, 3.05) is 14.2 Å². The number of hydrogen-bond donors (Lipinski definition) is 0. The Labute approximate surface area is 202 Å². The molecule has 0 saturated heterocycles. The fourth-order valence-electron chi connectivity index (χ4n) is 3.77. The van der Waals surface area contributed by atoms with Gasteiger partial charge in [0.1, 0.15) is 28.9 Å². The van der Waals surface area contributed by atoms with Crippen molar-refractivity contribution in [1.29, 1.82) is 0 Å². The van der Waals surface area contributed by atoms with Gasteiger partial charge in [0.25, 0.3) is 0 Å². The number of rotatable bonds is 10. The maximum atomic E-state index is 13.7. The Balaban J connectivity index is 1.40. The van der Waals surface area contributed by atoms with Crippen LogP contribution in [0.1, 0.15) is 17.5 Å². The highest BCUT2D eigenvalue weighted by Crippen LogP contribution is 2.36. The lowest BCUT2D eigenvalue weighted by molar-refractivity contribution is -0.126. The van der Waals surface area contributed by atoms with E-state index in [0.29, 0.717) is 34.1 Å². The second-order valence-electron chi connectivity index (χ2n) is 7.98. The molecular weight excluding hydrogens is 449 g/mol. The SMILES string of the molecule is COc1cc2nccc(Oc3ccc(CC(=O)CC(=O)Cc4ccccc4F)cc3)c2cc1OC. The van der Waals surface area contributed by atoms with Gasteiger partial charge in [0.15, 0.2) is 11.5 Å². The van der Waals surface area contributed by atoms with Crippen LogP contribution < -0.4 is 14.2 Å². The molecule has 0 N–H and O–H groups in total. The second-order valence-corrected chi connectivity index (χ2v) is 7.98. The minimum absolute atomic E-state index is 0.0955. The molecule has 0 atom stereocenters. The van der Waals surface area contributed by atoms with Crippen molar-refractivity contribution >= 4 is 22.5 Å².